The second-order valence-electron chi connectivity index (χ2n) is 7.19. The van der Waals surface area contributed by atoms with Gasteiger partial charge in [-0.15, -0.1) is 0 Å². The monoisotopic (exact) mass is 445 g/mol. The molecule has 9 heteroatoms. The number of carbonyl (C=O) groups excluding carboxylic acids is 2. The van der Waals surface area contributed by atoms with Crippen molar-refractivity contribution in [1.82, 2.24) is 9.62 Å². The topological polar surface area (TPSA) is 105 Å². The molecule has 2 amide bonds. The number of ether oxygens (including phenoxy) is 1. The highest BCUT2D eigenvalue weighted by Gasteiger charge is 2.29. The summed E-state index contributed by atoms with van der Waals surface area (Å²) in [5.74, 6) is -0.498. The van der Waals surface area contributed by atoms with Crippen molar-refractivity contribution in [3.8, 4) is 0 Å². The molecule has 1 fully saturated rings. The van der Waals surface area contributed by atoms with Crippen LogP contribution in [0.25, 0.3) is 0 Å². The van der Waals surface area contributed by atoms with Gasteiger partial charge in [-0.05, 0) is 41.8 Å². The van der Waals surface area contributed by atoms with Crippen molar-refractivity contribution in [1.29, 1.82) is 0 Å². The number of benzene rings is 2. The van der Waals surface area contributed by atoms with Crippen molar-refractivity contribution in [2.45, 2.75) is 24.7 Å². The Morgan fingerprint density at radius 1 is 1.06 bits per heavy atom. The molecule has 1 aliphatic heterocycles. The molecule has 3 rings (SSSR count). The lowest BCUT2D eigenvalue weighted by Crippen LogP contribution is -2.41. The van der Waals surface area contributed by atoms with Crippen molar-refractivity contribution in [2.24, 2.45) is 0 Å². The predicted octanol–water partition coefficient (Wildman–Crippen LogP) is 1.81. The molecule has 0 aromatic heterocycles. The number of rotatable bonds is 7. The van der Waals surface area contributed by atoms with Gasteiger partial charge in [-0.2, -0.15) is 4.31 Å². The molecular formula is C22H27N3O5S. The summed E-state index contributed by atoms with van der Waals surface area (Å²) in [6, 6.07) is 11.7. The number of morpholine rings is 1. The number of hydrogen-bond acceptors (Lipinski definition) is 5. The average Bonchev–Trinajstić information content (AvgIpc) is 2.80. The minimum Gasteiger partial charge on any atom is -0.379 e. The van der Waals surface area contributed by atoms with Crippen LogP contribution in [0.1, 0.15) is 28.4 Å². The first-order valence-electron chi connectivity index (χ1n) is 10.2. The smallest absolute Gasteiger partial charge is 0.255 e. The van der Waals surface area contributed by atoms with Gasteiger partial charge in [0.1, 0.15) is 0 Å². The molecule has 1 saturated heterocycles. The molecule has 1 aliphatic rings. The van der Waals surface area contributed by atoms with Gasteiger partial charge in [0, 0.05) is 31.4 Å². The zero-order chi connectivity index (χ0) is 22.4. The highest BCUT2D eigenvalue weighted by Crippen LogP contribution is 2.24. The summed E-state index contributed by atoms with van der Waals surface area (Å²) in [4.78, 5) is 24.4. The van der Waals surface area contributed by atoms with Crippen molar-refractivity contribution >= 4 is 27.5 Å². The Morgan fingerprint density at radius 3 is 2.35 bits per heavy atom. The molecule has 2 N–H and O–H groups in total. The van der Waals surface area contributed by atoms with Gasteiger partial charge in [-0.25, -0.2) is 8.42 Å². The summed E-state index contributed by atoms with van der Waals surface area (Å²) in [5.41, 5.74) is 2.31. The minimum atomic E-state index is -3.72. The quantitative estimate of drug-likeness (QED) is 0.676. The molecule has 166 valence electrons. The third kappa shape index (κ3) is 5.49. The lowest BCUT2D eigenvalue weighted by atomic mass is 10.1. The van der Waals surface area contributed by atoms with E-state index in [0.717, 1.165) is 5.56 Å². The van der Waals surface area contributed by atoms with Gasteiger partial charge >= 0.3 is 0 Å². The molecule has 0 saturated carbocycles. The van der Waals surface area contributed by atoms with Gasteiger partial charge < -0.3 is 15.4 Å². The number of amides is 2. The van der Waals surface area contributed by atoms with Gasteiger partial charge in [0.15, 0.2) is 0 Å². The molecular weight excluding hydrogens is 418 g/mol. The minimum absolute atomic E-state index is 0.0955. The normalized spacial score (nSPS) is 14.8. The number of hydrogen-bond donors (Lipinski definition) is 2. The van der Waals surface area contributed by atoms with E-state index in [0.29, 0.717) is 44.0 Å². The Labute approximate surface area is 182 Å². The Hall–Kier alpha value is -2.75. The van der Waals surface area contributed by atoms with Crippen LogP contribution < -0.4 is 10.6 Å². The molecule has 2 aromatic carbocycles. The van der Waals surface area contributed by atoms with Crippen LogP contribution in [0.4, 0.5) is 5.69 Å². The Kier molecular flexibility index (Phi) is 7.42. The van der Waals surface area contributed by atoms with Crippen molar-refractivity contribution < 1.29 is 22.7 Å². The molecule has 2 aromatic rings. The van der Waals surface area contributed by atoms with E-state index in [1.807, 2.05) is 6.92 Å². The maximum Gasteiger partial charge on any atom is 0.255 e. The number of anilines is 1. The number of aryl methyl sites for hydroxylation is 1. The fraction of sp³-hybridized carbons (Fsp3) is 0.364. The lowest BCUT2D eigenvalue weighted by Gasteiger charge is -2.27. The molecule has 0 aliphatic carbocycles. The van der Waals surface area contributed by atoms with Gasteiger partial charge in [0.05, 0.1) is 24.5 Å². The Bertz CT molecular complexity index is 1050. The summed E-state index contributed by atoms with van der Waals surface area (Å²) in [6.45, 7) is 3.19. The van der Waals surface area contributed by atoms with E-state index < -0.39 is 15.9 Å². The van der Waals surface area contributed by atoms with Crippen LogP contribution in [0, 0.1) is 0 Å². The first kappa shape index (κ1) is 22.9. The molecule has 31 heavy (non-hydrogen) atoms. The lowest BCUT2D eigenvalue weighted by molar-refractivity contribution is -0.119. The van der Waals surface area contributed by atoms with Crippen LogP contribution in [-0.4, -0.2) is 57.9 Å². The van der Waals surface area contributed by atoms with Gasteiger partial charge in [-0.1, -0.05) is 25.1 Å². The maximum absolute atomic E-state index is 13.2. The summed E-state index contributed by atoms with van der Waals surface area (Å²) in [5, 5.41) is 5.34. The Morgan fingerprint density at radius 2 is 1.74 bits per heavy atom. The van der Waals surface area contributed by atoms with Crippen LogP contribution in [0.5, 0.6) is 0 Å². The average molecular weight is 446 g/mol. The van der Waals surface area contributed by atoms with Crippen molar-refractivity contribution in [3.05, 3.63) is 59.2 Å². The SMILES string of the molecule is CCc1ccc(C(=O)Nc2ccc(CC(=O)NC)cc2)cc1S(=O)(=O)N1CCOCC1. The van der Waals surface area contributed by atoms with E-state index in [2.05, 4.69) is 10.6 Å². The third-order valence-corrected chi connectivity index (χ3v) is 7.13. The largest absolute Gasteiger partial charge is 0.379 e. The fourth-order valence-corrected chi connectivity index (χ4v) is 5.06. The predicted molar refractivity (Wildman–Crippen MR) is 118 cm³/mol. The summed E-state index contributed by atoms with van der Waals surface area (Å²) >= 11 is 0. The van der Waals surface area contributed by atoms with Crippen LogP contribution in [0.2, 0.25) is 0 Å². The van der Waals surface area contributed by atoms with Crippen LogP contribution in [0.15, 0.2) is 47.4 Å². The molecule has 0 spiro atoms. The van der Waals surface area contributed by atoms with Gasteiger partial charge in [0.25, 0.3) is 5.91 Å². The van der Waals surface area contributed by atoms with Crippen LogP contribution in [0.3, 0.4) is 0 Å². The number of sulfonamides is 1. The van der Waals surface area contributed by atoms with E-state index >= 15 is 0 Å². The molecule has 0 atom stereocenters. The second-order valence-corrected chi connectivity index (χ2v) is 9.10. The van der Waals surface area contributed by atoms with E-state index in [4.69, 9.17) is 4.74 Å². The highest BCUT2D eigenvalue weighted by molar-refractivity contribution is 7.89. The van der Waals surface area contributed by atoms with Gasteiger partial charge in [-0.3, -0.25) is 9.59 Å². The zero-order valence-corrected chi connectivity index (χ0v) is 18.5. The molecule has 0 unspecified atom stereocenters. The number of nitrogens with one attached hydrogen (secondary N) is 2. The van der Waals surface area contributed by atoms with E-state index in [-0.39, 0.29) is 22.8 Å². The molecule has 1 heterocycles. The summed E-state index contributed by atoms with van der Waals surface area (Å²) < 4.78 is 33.0. The molecule has 8 nitrogen and oxygen atoms in total. The Balaban J connectivity index is 1.80. The second kappa shape index (κ2) is 10.0. The van der Waals surface area contributed by atoms with E-state index in [9.17, 15) is 18.0 Å². The number of likely N-dealkylation sites (N-methyl/N-ethyl adjacent to an activating group) is 1. The first-order valence-corrected chi connectivity index (χ1v) is 11.6. The van der Waals surface area contributed by atoms with Gasteiger partial charge in [0.2, 0.25) is 15.9 Å². The van der Waals surface area contributed by atoms with Crippen molar-refractivity contribution in [2.75, 3.05) is 38.7 Å². The standard InChI is InChI=1S/C22H27N3O5S/c1-3-17-6-7-18(15-20(17)31(28,29)25-10-12-30-13-11-25)22(27)24-19-8-4-16(5-9-19)14-21(26)23-2/h4-9,15H,3,10-14H2,1-2H3,(H,23,26)(H,24,27). The van der Waals surface area contributed by atoms with Crippen LogP contribution in [-0.2, 0) is 32.4 Å². The number of nitrogens with zero attached hydrogens (tertiary/aromatic N) is 1. The van der Waals surface area contributed by atoms with E-state index in [1.165, 1.54) is 10.4 Å². The summed E-state index contributed by atoms with van der Waals surface area (Å²) in [7, 11) is -2.14. The first-order chi connectivity index (χ1) is 14.8. The number of carbonyl (C=O) groups is 2. The molecule has 0 bridgehead atoms. The summed E-state index contributed by atoms with van der Waals surface area (Å²) in [6.07, 6.45) is 0.791. The van der Waals surface area contributed by atoms with E-state index in [1.54, 1.807) is 43.4 Å². The van der Waals surface area contributed by atoms with Crippen molar-refractivity contribution in [3.63, 3.8) is 0 Å². The van der Waals surface area contributed by atoms with Crippen LogP contribution >= 0.6 is 0 Å². The maximum atomic E-state index is 13.2. The zero-order valence-electron chi connectivity index (χ0n) is 17.7. The third-order valence-electron chi connectivity index (χ3n) is 5.15. The molecule has 0 radical (unpaired) electrons. The fourth-order valence-electron chi connectivity index (χ4n) is 3.34. The highest BCUT2D eigenvalue weighted by atomic mass is 32.2.